The third kappa shape index (κ3) is 6.32. The van der Waals surface area contributed by atoms with Crippen LogP contribution in [0.25, 0.3) is 6.08 Å². The zero-order chi connectivity index (χ0) is 18.8. The van der Waals surface area contributed by atoms with E-state index in [4.69, 9.17) is 4.74 Å². The van der Waals surface area contributed by atoms with E-state index < -0.39 is 0 Å². The van der Waals surface area contributed by atoms with Crippen molar-refractivity contribution in [3.8, 4) is 0 Å². The van der Waals surface area contributed by atoms with Crippen molar-refractivity contribution in [3.63, 3.8) is 0 Å². The molecule has 0 spiro atoms. The number of rotatable bonds is 6. The van der Waals surface area contributed by atoms with Crippen molar-refractivity contribution in [2.75, 3.05) is 13.7 Å². The summed E-state index contributed by atoms with van der Waals surface area (Å²) in [6, 6.07) is 10.0. The van der Waals surface area contributed by atoms with Crippen LogP contribution in [-0.2, 0) is 14.3 Å². The van der Waals surface area contributed by atoms with Crippen molar-refractivity contribution < 1.29 is 14.3 Å². The van der Waals surface area contributed by atoms with Gasteiger partial charge in [0.15, 0.2) is 0 Å². The molecule has 0 saturated heterocycles. The topological polar surface area (TPSA) is 46.6 Å². The van der Waals surface area contributed by atoms with Gasteiger partial charge in [0, 0.05) is 18.7 Å². The number of nitrogens with zero attached hydrogens (tertiary/aromatic N) is 1. The van der Waals surface area contributed by atoms with Gasteiger partial charge in [-0.2, -0.15) is 0 Å². The van der Waals surface area contributed by atoms with Crippen molar-refractivity contribution in [1.29, 1.82) is 0 Å². The van der Waals surface area contributed by atoms with Gasteiger partial charge in [0.2, 0.25) is 5.91 Å². The molecular weight excluding hydrogens is 326 g/mol. The summed E-state index contributed by atoms with van der Waals surface area (Å²) in [6.07, 6.45) is 11.5. The molecule has 4 heteroatoms. The molecular formula is C22H31NO3. The molecule has 142 valence electrons. The third-order valence-electron chi connectivity index (χ3n) is 5.09. The van der Waals surface area contributed by atoms with Crippen LogP contribution in [0.2, 0.25) is 0 Å². The first-order chi connectivity index (χ1) is 12.6. The molecule has 1 amide bonds. The molecule has 1 unspecified atom stereocenters. The number of amides is 1. The smallest absolute Gasteiger partial charge is 0.310 e. The van der Waals surface area contributed by atoms with Gasteiger partial charge in [0.1, 0.15) is 0 Å². The Labute approximate surface area is 157 Å². The van der Waals surface area contributed by atoms with Crippen molar-refractivity contribution >= 4 is 18.0 Å². The summed E-state index contributed by atoms with van der Waals surface area (Å²) in [4.78, 5) is 26.7. The van der Waals surface area contributed by atoms with Crippen molar-refractivity contribution in [2.45, 2.75) is 57.9 Å². The van der Waals surface area contributed by atoms with Crippen LogP contribution in [0.15, 0.2) is 36.4 Å². The summed E-state index contributed by atoms with van der Waals surface area (Å²) in [6.45, 7) is 2.24. The molecule has 1 fully saturated rings. The van der Waals surface area contributed by atoms with E-state index in [1.165, 1.54) is 26.4 Å². The standard InChI is InChI=1S/C22H31NO3/c1-18(22(25)26-2)17-23(20-13-9-4-3-5-10-14-20)21(24)16-15-19-11-7-6-8-12-19/h6-8,11-12,15-16,18,20H,3-5,9-10,13-14,17H2,1-2H3/b16-15+. The number of esters is 1. The third-order valence-corrected chi connectivity index (χ3v) is 5.09. The summed E-state index contributed by atoms with van der Waals surface area (Å²) in [5.41, 5.74) is 1.000. The summed E-state index contributed by atoms with van der Waals surface area (Å²) in [7, 11) is 1.40. The zero-order valence-corrected chi connectivity index (χ0v) is 16.0. The first-order valence-corrected chi connectivity index (χ1v) is 9.73. The SMILES string of the molecule is COC(=O)C(C)CN(C(=O)/C=C/c1ccccc1)C1CCCCCCC1. The van der Waals surface area contributed by atoms with E-state index in [9.17, 15) is 9.59 Å². The molecule has 26 heavy (non-hydrogen) atoms. The molecule has 1 aromatic rings. The summed E-state index contributed by atoms with van der Waals surface area (Å²) in [5, 5.41) is 0. The van der Waals surface area contributed by atoms with Gasteiger partial charge in [-0.3, -0.25) is 9.59 Å². The lowest BCUT2D eigenvalue weighted by atomic mass is 9.94. The van der Waals surface area contributed by atoms with Crippen molar-refractivity contribution in [2.24, 2.45) is 5.92 Å². The van der Waals surface area contributed by atoms with E-state index in [1.54, 1.807) is 6.08 Å². The van der Waals surface area contributed by atoms with Gasteiger partial charge in [-0.1, -0.05) is 69.4 Å². The van der Waals surface area contributed by atoms with Crippen LogP contribution in [0.3, 0.4) is 0 Å². The maximum Gasteiger partial charge on any atom is 0.310 e. The molecule has 0 heterocycles. The molecule has 0 aliphatic heterocycles. The Balaban J connectivity index is 2.13. The number of hydrogen-bond donors (Lipinski definition) is 0. The van der Waals surface area contributed by atoms with Crippen LogP contribution >= 0.6 is 0 Å². The minimum Gasteiger partial charge on any atom is -0.469 e. The number of ether oxygens (including phenoxy) is 1. The molecule has 0 radical (unpaired) electrons. The summed E-state index contributed by atoms with van der Waals surface area (Å²) in [5.74, 6) is -0.602. The normalized spacial score (nSPS) is 17.3. The number of hydrogen-bond acceptors (Lipinski definition) is 3. The number of carbonyl (C=O) groups excluding carboxylic acids is 2. The predicted octanol–water partition coefficient (Wildman–Crippen LogP) is 4.45. The van der Waals surface area contributed by atoms with Gasteiger partial charge in [0.25, 0.3) is 0 Å². The lowest BCUT2D eigenvalue weighted by Gasteiger charge is -2.34. The first-order valence-electron chi connectivity index (χ1n) is 9.73. The van der Waals surface area contributed by atoms with E-state index in [0.717, 1.165) is 31.2 Å². The molecule has 4 nitrogen and oxygen atoms in total. The van der Waals surface area contributed by atoms with E-state index in [0.29, 0.717) is 6.54 Å². The molecule has 1 atom stereocenters. The maximum atomic E-state index is 12.9. The number of methoxy groups -OCH3 is 1. The summed E-state index contributed by atoms with van der Waals surface area (Å²) >= 11 is 0. The highest BCUT2D eigenvalue weighted by Crippen LogP contribution is 2.23. The highest BCUT2D eigenvalue weighted by molar-refractivity contribution is 5.92. The molecule has 1 saturated carbocycles. The fourth-order valence-corrected chi connectivity index (χ4v) is 3.56. The molecule has 1 aliphatic rings. The lowest BCUT2D eigenvalue weighted by Crippen LogP contribution is -2.43. The zero-order valence-electron chi connectivity index (χ0n) is 16.0. The van der Waals surface area contributed by atoms with Gasteiger partial charge in [-0.15, -0.1) is 0 Å². The highest BCUT2D eigenvalue weighted by atomic mass is 16.5. The van der Waals surface area contributed by atoms with Crippen LogP contribution < -0.4 is 0 Å². The summed E-state index contributed by atoms with van der Waals surface area (Å²) < 4.78 is 4.86. The van der Waals surface area contributed by atoms with Gasteiger partial charge < -0.3 is 9.64 Å². The second-order valence-corrected chi connectivity index (χ2v) is 7.16. The molecule has 0 aromatic heterocycles. The molecule has 1 aliphatic carbocycles. The van der Waals surface area contributed by atoms with E-state index >= 15 is 0 Å². The average molecular weight is 357 g/mol. The molecule has 0 bridgehead atoms. The van der Waals surface area contributed by atoms with E-state index in [2.05, 4.69) is 0 Å². The fraction of sp³-hybridized carbons (Fsp3) is 0.545. The Morgan fingerprint density at radius 1 is 1.12 bits per heavy atom. The Morgan fingerprint density at radius 2 is 1.73 bits per heavy atom. The fourth-order valence-electron chi connectivity index (χ4n) is 3.56. The van der Waals surface area contributed by atoms with E-state index in [-0.39, 0.29) is 23.8 Å². The van der Waals surface area contributed by atoms with Gasteiger partial charge in [0.05, 0.1) is 13.0 Å². The van der Waals surface area contributed by atoms with Crippen LogP contribution in [0, 0.1) is 5.92 Å². The van der Waals surface area contributed by atoms with Gasteiger partial charge >= 0.3 is 5.97 Å². The Morgan fingerprint density at radius 3 is 2.35 bits per heavy atom. The molecule has 1 aromatic carbocycles. The predicted molar refractivity (Wildman–Crippen MR) is 104 cm³/mol. The number of benzene rings is 1. The van der Waals surface area contributed by atoms with Gasteiger partial charge in [-0.05, 0) is 24.5 Å². The van der Waals surface area contributed by atoms with Crippen molar-refractivity contribution in [1.82, 2.24) is 4.90 Å². The van der Waals surface area contributed by atoms with Crippen LogP contribution in [-0.4, -0.2) is 36.5 Å². The van der Waals surface area contributed by atoms with Crippen LogP contribution in [0.1, 0.15) is 57.4 Å². The Bertz CT molecular complexity index is 589. The first kappa shape index (κ1) is 20.2. The van der Waals surface area contributed by atoms with E-state index in [1.807, 2.05) is 48.2 Å². The largest absolute Gasteiger partial charge is 0.469 e. The second-order valence-electron chi connectivity index (χ2n) is 7.16. The molecule has 2 rings (SSSR count). The Kier molecular flexibility index (Phi) is 8.39. The number of carbonyl (C=O) groups is 2. The molecule has 0 N–H and O–H groups in total. The minimum absolute atomic E-state index is 0.0184. The Hall–Kier alpha value is -2.10. The lowest BCUT2D eigenvalue weighted by molar-refractivity contribution is -0.146. The van der Waals surface area contributed by atoms with Gasteiger partial charge in [-0.25, -0.2) is 0 Å². The minimum atomic E-state index is -0.320. The quantitative estimate of drug-likeness (QED) is 0.558. The van der Waals surface area contributed by atoms with Crippen LogP contribution in [0.5, 0.6) is 0 Å². The second kappa shape index (κ2) is 10.8. The average Bonchev–Trinajstić information content (AvgIpc) is 2.64. The maximum absolute atomic E-state index is 12.9. The van der Waals surface area contributed by atoms with Crippen molar-refractivity contribution in [3.05, 3.63) is 42.0 Å². The van der Waals surface area contributed by atoms with Crippen LogP contribution in [0.4, 0.5) is 0 Å². The highest BCUT2D eigenvalue weighted by Gasteiger charge is 2.27. The monoisotopic (exact) mass is 357 g/mol.